The van der Waals surface area contributed by atoms with Crippen LogP contribution in [0, 0.1) is 0 Å². The molecule has 0 aromatic carbocycles. The molecule has 0 saturated carbocycles. The number of aromatic nitrogens is 2. The summed E-state index contributed by atoms with van der Waals surface area (Å²) < 4.78 is 0. The fourth-order valence-corrected chi connectivity index (χ4v) is 1.16. The van der Waals surface area contributed by atoms with E-state index >= 15 is 0 Å². The van der Waals surface area contributed by atoms with Crippen LogP contribution in [0.5, 0.6) is 0 Å². The summed E-state index contributed by atoms with van der Waals surface area (Å²) in [5.41, 5.74) is -0.346. The largest absolute Gasteiger partial charge is 0.481 e. The molecule has 1 heterocycles. The zero-order valence-electron chi connectivity index (χ0n) is 8.36. The van der Waals surface area contributed by atoms with Gasteiger partial charge in [0, 0.05) is 18.4 Å². The monoisotopic (exact) mass is 211 g/mol. The van der Waals surface area contributed by atoms with Gasteiger partial charge in [0.1, 0.15) is 0 Å². The molecule has 0 fully saturated rings. The van der Waals surface area contributed by atoms with Crippen molar-refractivity contribution in [1.82, 2.24) is 9.97 Å². The van der Waals surface area contributed by atoms with E-state index < -0.39 is 5.97 Å². The third-order valence-electron chi connectivity index (χ3n) is 1.96. The number of carboxylic acid groups (broad SMARTS) is 1. The molecule has 1 atom stereocenters. The molecule has 1 aromatic heterocycles. The van der Waals surface area contributed by atoms with Gasteiger partial charge in [-0.3, -0.25) is 9.59 Å². The highest BCUT2D eigenvalue weighted by molar-refractivity contribution is 5.68. The summed E-state index contributed by atoms with van der Waals surface area (Å²) in [6.07, 6.45) is 3.44. The molecule has 15 heavy (non-hydrogen) atoms. The number of H-pyrrole nitrogens is 1. The van der Waals surface area contributed by atoms with Crippen molar-refractivity contribution in [2.24, 2.45) is 0 Å². The van der Waals surface area contributed by atoms with Crippen LogP contribution in [-0.2, 0) is 4.79 Å². The van der Waals surface area contributed by atoms with Crippen LogP contribution in [0.3, 0.4) is 0 Å². The number of anilines is 1. The Morgan fingerprint density at radius 1 is 1.73 bits per heavy atom. The molecule has 6 nitrogen and oxygen atoms in total. The first-order valence-electron chi connectivity index (χ1n) is 4.65. The minimum atomic E-state index is -0.901. The van der Waals surface area contributed by atoms with Crippen LogP contribution < -0.4 is 10.9 Å². The highest BCUT2D eigenvalue weighted by atomic mass is 16.4. The van der Waals surface area contributed by atoms with Crippen molar-refractivity contribution in [3.8, 4) is 0 Å². The number of hydrogen-bond acceptors (Lipinski definition) is 4. The third-order valence-corrected chi connectivity index (χ3v) is 1.96. The fraction of sp³-hybridized carbons (Fsp3) is 0.444. The van der Waals surface area contributed by atoms with Gasteiger partial charge in [-0.05, 0) is 6.42 Å². The summed E-state index contributed by atoms with van der Waals surface area (Å²) in [4.78, 5) is 28.0. The molecule has 0 radical (unpaired) electrons. The molecular formula is C9H13N3O3. The highest BCUT2D eigenvalue weighted by Crippen LogP contribution is 2.03. The molecule has 0 bridgehead atoms. The van der Waals surface area contributed by atoms with E-state index in [2.05, 4.69) is 15.3 Å². The van der Waals surface area contributed by atoms with Crippen LogP contribution in [-0.4, -0.2) is 27.1 Å². The number of carboxylic acids is 1. The van der Waals surface area contributed by atoms with Crippen LogP contribution in [0.25, 0.3) is 0 Å². The maximum Gasteiger partial charge on any atom is 0.305 e. The Kier molecular flexibility index (Phi) is 3.84. The van der Waals surface area contributed by atoms with Crippen molar-refractivity contribution in [2.45, 2.75) is 25.8 Å². The maximum absolute atomic E-state index is 11.2. The van der Waals surface area contributed by atoms with Crippen LogP contribution >= 0.6 is 0 Å². The van der Waals surface area contributed by atoms with E-state index in [-0.39, 0.29) is 23.8 Å². The van der Waals surface area contributed by atoms with Gasteiger partial charge in [-0.1, -0.05) is 6.92 Å². The topological polar surface area (TPSA) is 95.1 Å². The molecular weight excluding hydrogens is 198 g/mol. The third kappa shape index (κ3) is 3.41. The summed E-state index contributed by atoms with van der Waals surface area (Å²) in [6.45, 7) is 1.84. The van der Waals surface area contributed by atoms with Gasteiger partial charge in [-0.25, -0.2) is 4.98 Å². The molecule has 0 amide bonds. The van der Waals surface area contributed by atoms with Crippen molar-refractivity contribution in [3.63, 3.8) is 0 Å². The second-order valence-corrected chi connectivity index (χ2v) is 3.11. The minimum absolute atomic E-state index is 0.0352. The van der Waals surface area contributed by atoms with Crippen molar-refractivity contribution >= 4 is 11.8 Å². The molecule has 0 aliphatic carbocycles. The Hall–Kier alpha value is -1.85. The number of rotatable bonds is 5. The van der Waals surface area contributed by atoms with Gasteiger partial charge in [0.15, 0.2) is 5.82 Å². The highest BCUT2D eigenvalue weighted by Gasteiger charge is 2.12. The Balaban J connectivity index is 2.71. The van der Waals surface area contributed by atoms with E-state index in [0.717, 1.165) is 0 Å². The minimum Gasteiger partial charge on any atom is -0.481 e. The second-order valence-electron chi connectivity index (χ2n) is 3.11. The molecule has 0 aliphatic rings. The first-order chi connectivity index (χ1) is 7.13. The van der Waals surface area contributed by atoms with Gasteiger partial charge < -0.3 is 15.4 Å². The Bertz CT molecular complexity index is 388. The van der Waals surface area contributed by atoms with E-state index in [1.54, 1.807) is 0 Å². The first kappa shape index (κ1) is 11.2. The number of aromatic amines is 1. The van der Waals surface area contributed by atoms with Gasteiger partial charge in [-0.2, -0.15) is 0 Å². The number of carbonyl (C=O) groups is 1. The van der Waals surface area contributed by atoms with Crippen LogP contribution in [0.15, 0.2) is 17.2 Å². The van der Waals surface area contributed by atoms with Crippen molar-refractivity contribution < 1.29 is 9.90 Å². The smallest absolute Gasteiger partial charge is 0.305 e. The maximum atomic E-state index is 11.2. The molecule has 0 aliphatic heterocycles. The predicted molar refractivity (Wildman–Crippen MR) is 54.8 cm³/mol. The molecule has 1 rings (SSSR count). The fourth-order valence-electron chi connectivity index (χ4n) is 1.16. The zero-order valence-corrected chi connectivity index (χ0v) is 8.36. The lowest BCUT2D eigenvalue weighted by atomic mass is 10.1. The lowest BCUT2D eigenvalue weighted by Gasteiger charge is -2.13. The number of nitrogens with zero attached hydrogens (tertiary/aromatic N) is 1. The SMILES string of the molecule is CCC(CC(=O)O)Nc1ncc[nH]c1=O. The van der Waals surface area contributed by atoms with Gasteiger partial charge in [0.05, 0.1) is 6.42 Å². The Labute approximate surface area is 86.4 Å². The van der Waals surface area contributed by atoms with E-state index in [1.165, 1.54) is 12.4 Å². The van der Waals surface area contributed by atoms with E-state index in [4.69, 9.17) is 5.11 Å². The summed E-state index contributed by atoms with van der Waals surface area (Å²) in [7, 11) is 0. The van der Waals surface area contributed by atoms with E-state index in [9.17, 15) is 9.59 Å². The number of nitrogens with one attached hydrogen (secondary N) is 2. The van der Waals surface area contributed by atoms with Gasteiger partial charge >= 0.3 is 5.97 Å². The van der Waals surface area contributed by atoms with Gasteiger partial charge in [0.2, 0.25) is 0 Å². The standard InChI is InChI=1S/C9H13N3O3/c1-2-6(5-7(13)14)12-8-9(15)11-4-3-10-8/h3-4,6H,2,5H2,1H3,(H,10,12)(H,11,15)(H,13,14). The number of aliphatic carboxylic acids is 1. The molecule has 0 saturated heterocycles. The van der Waals surface area contributed by atoms with Crippen molar-refractivity contribution in [3.05, 3.63) is 22.7 Å². The number of hydrogen-bond donors (Lipinski definition) is 3. The van der Waals surface area contributed by atoms with Crippen molar-refractivity contribution in [2.75, 3.05) is 5.32 Å². The van der Waals surface area contributed by atoms with Gasteiger partial charge in [-0.15, -0.1) is 0 Å². The molecule has 1 aromatic rings. The molecule has 6 heteroatoms. The lowest BCUT2D eigenvalue weighted by molar-refractivity contribution is -0.137. The van der Waals surface area contributed by atoms with E-state index in [0.29, 0.717) is 6.42 Å². The predicted octanol–water partition coefficient (Wildman–Crippen LogP) is 0.435. The Morgan fingerprint density at radius 3 is 3.00 bits per heavy atom. The summed E-state index contributed by atoms with van der Waals surface area (Å²) in [5.74, 6) is -0.743. The van der Waals surface area contributed by atoms with Crippen LogP contribution in [0.4, 0.5) is 5.82 Å². The molecule has 0 spiro atoms. The zero-order chi connectivity index (χ0) is 11.3. The molecule has 82 valence electrons. The molecule has 3 N–H and O–H groups in total. The second kappa shape index (κ2) is 5.14. The normalized spacial score (nSPS) is 12.1. The van der Waals surface area contributed by atoms with Crippen LogP contribution in [0.1, 0.15) is 19.8 Å². The Morgan fingerprint density at radius 2 is 2.47 bits per heavy atom. The van der Waals surface area contributed by atoms with Gasteiger partial charge in [0.25, 0.3) is 5.56 Å². The average molecular weight is 211 g/mol. The lowest BCUT2D eigenvalue weighted by Crippen LogP contribution is -2.27. The first-order valence-corrected chi connectivity index (χ1v) is 4.65. The summed E-state index contributed by atoms with van der Waals surface area (Å²) in [6, 6.07) is -0.279. The summed E-state index contributed by atoms with van der Waals surface area (Å²) in [5, 5.41) is 11.4. The quantitative estimate of drug-likeness (QED) is 0.656. The van der Waals surface area contributed by atoms with Crippen LogP contribution in [0.2, 0.25) is 0 Å². The van der Waals surface area contributed by atoms with Crippen molar-refractivity contribution in [1.29, 1.82) is 0 Å². The summed E-state index contributed by atoms with van der Waals surface area (Å²) >= 11 is 0. The molecule has 1 unspecified atom stereocenters. The average Bonchev–Trinajstić information content (AvgIpc) is 2.19. The van der Waals surface area contributed by atoms with E-state index in [1.807, 2.05) is 6.92 Å².